The first-order chi connectivity index (χ1) is 18.6. The first-order valence-corrected chi connectivity index (χ1v) is 14.3. The minimum Gasteiger partial charge on any atom is -0.489 e. The van der Waals surface area contributed by atoms with Crippen LogP contribution in [0, 0.1) is 6.92 Å². The Morgan fingerprint density at radius 1 is 0.897 bits per heavy atom. The van der Waals surface area contributed by atoms with Crippen LogP contribution in [0.1, 0.15) is 36.0 Å². The lowest BCUT2D eigenvalue weighted by Crippen LogP contribution is -2.56. The topological polar surface area (TPSA) is 46.6 Å². The highest BCUT2D eigenvalue weighted by atomic mass is 32.2. The molecule has 0 aliphatic heterocycles. The van der Waals surface area contributed by atoms with Crippen molar-refractivity contribution in [3.05, 3.63) is 120 Å². The molecule has 39 heavy (non-hydrogen) atoms. The fourth-order valence-electron chi connectivity index (χ4n) is 4.66. The van der Waals surface area contributed by atoms with Crippen molar-refractivity contribution < 1.29 is 26.3 Å². The number of hydrogen-bond acceptors (Lipinski definition) is 3. The number of unbranched alkanes of at least 4 members (excludes halogenated alkanes) is 1. The first-order valence-electron chi connectivity index (χ1n) is 12.9. The lowest BCUT2D eigenvalue weighted by molar-refractivity contribution is -0.149. The Balaban J connectivity index is 1.66. The van der Waals surface area contributed by atoms with Gasteiger partial charge in [-0.3, -0.25) is 4.31 Å². The van der Waals surface area contributed by atoms with Gasteiger partial charge in [-0.2, -0.15) is 13.2 Å². The summed E-state index contributed by atoms with van der Waals surface area (Å²) < 4.78 is 75.4. The fraction of sp³-hybridized carbons (Fsp3) is 0.290. The van der Waals surface area contributed by atoms with E-state index in [-0.39, 0.29) is 18.8 Å². The number of alkyl halides is 3. The third-order valence-electron chi connectivity index (χ3n) is 6.76. The van der Waals surface area contributed by atoms with Crippen molar-refractivity contribution in [2.45, 2.75) is 50.1 Å². The Hall–Kier alpha value is -3.52. The predicted octanol–water partition coefficient (Wildman–Crippen LogP) is 7.55. The van der Waals surface area contributed by atoms with Gasteiger partial charge >= 0.3 is 6.18 Å². The number of nitrogens with zero attached hydrogens (tertiary/aromatic N) is 1. The zero-order valence-electron chi connectivity index (χ0n) is 21.8. The van der Waals surface area contributed by atoms with Gasteiger partial charge in [0.05, 0.1) is 5.69 Å². The number of benzene rings is 3. The molecule has 0 N–H and O–H groups in total. The average molecular weight is 556 g/mol. The van der Waals surface area contributed by atoms with Gasteiger partial charge in [0.1, 0.15) is 12.4 Å². The zero-order valence-corrected chi connectivity index (χ0v) is 22.6. The molecular formula is C31H32F3NO3S. The Morgan fingerprint density at radius 3 is 2.18 bits per heavy atom. The Morgan fingerprint density at radius 2 is 1.56 bits per heavy atom. The number of rotatable bonds is 11. The summed E-state index contributed by atoms with van der Waals surface area (Å²) in [6, 6.07) is 24.0. The summed E-state index contributed by atoms with van der Waals surface area (Å²) in [6.07, 6.45) is 0.624. The maximum Gasteiger partial charge on any atom is 0.413 e. The second kappa shape index (κ2) is 12.1. The normalized spacial score (nSPS) is 17.2. The van der Waals surface area contributed by atoms with Crippen molar-refractivity contribution >= 4 is 15.7 Å². The van der Waals surface area contributed by atoms with Crippen LogP contribution >= 0.6 is 0 Å². The summed E-state index contributed by atoms with van der Waals surface area (Å²) in [5, 5.41) is 0. The van der Waals surface area contributed by atoms with Crippen LogP contribution in [0.4, 0.5) is 18.9 Å². The van der Waals surface area contributed by atoms with Crippen molar-refractivity contribution in [3.63, 3.8) is 0 Å². The summed E-state index contributed by atoms with van der Waals surface area (Å²) >= 11 is 0. The van der Waals surface area contributed by atoms with Crippen LogP contribution in [0.3, 0.4) is 0 Å². The molecule has 0 spiro atoms. The lowest BCUT2D eigenvalue weighted by atomic mass is 9.99. The molecule has 1 aliphatic carbocycles. The van der Waals surface area contributed by atoms with Crippen LogP contribution in [0.25, 0.3) is 0 Å². The number of allylic oxidation sites excluding steroid dienone is 3. The van der Waals surface area contributed by atoms with E-state index in [0.717, 1.165) is 27.6 Å². The van der Waals surface area contributed by atoms with E-state index in [1.54, 1.807) is 19.1 Å². The van der Waals surface area contributed by atoms with Crippen LogP contribution in [-0.4, -0.2) is 25.9 Å². The van der Waals surface area contributed by atoms with E-state index in [4.69, 9.17) is 4.74 Å². The highest BCUT2D eigenvalue weighted by Crippen LogP contribution is 2.45. The molecule has 0 heterocycles. The highest BCUT2D eigenvalue weighted by molar-refractivity contribution is 7.94. The van der Waals surface area contributed by atoms with Crippen LogP contribution < -0.4 is 9.04 Å². The molecule has 3 aromatic carbocycles. The molecule has 1 unspecified atom stereocenters. The number of hydrogen-bond donors (Lipinski definition) is 0. The Kier molecular flexibility index (Phi) is 8.85. The molecule has 0 amide bonds. The van der Waals surface area contributed by atoms with E-state index >= 15 is 0 Å². The lowest BCUT2D eigenvalue weighted by Gasteiger charge is -2.38. The Bertz CT molecular complexity index is 1400. The molecule has 8 heteroatoms. The van der Waals surface area contributed by atoms with Gasteiger partial charge in [0.25, 0.3) is 10.0 Å². The van der Waals surface area contributed by atoms with Crippen LogP contribution in [0.15, 0.2) is 103 Å². The number of anilines is 1. The molecule has 0 saturated carbocycles. The first kappa shape index (κ1) is 28.5. The minimum absolute atomic E-state index is 0.0911. The fourth-order valence-corrected chi connectivity index (χ4v) is 6.65. The van der Waals surface area contributed by atoms with E-state index in [9.17, 15) is 21.6 Å². The number of halogens is 3. The van der Waals surface area contributed by atoms with Crippen LogP contribution in [-0.2, 0) is 23.1 Å². The quantitative estimate of drug-likeness (QED) is 0.230. The van der Waals surface area contributed by atoms with Crippen molar-refractivity contribution in [1.82, 2.24) is 0 Å². The second-order valence-corrected chi connectivity index (χ2v) is 11.8. The highest BCUT2D eigenvalue weighted by Gasteiger charge is 2.63. The third-order valence-corrected chi connectivity index (χ3v) is 9.18. The van der Waals surface area contributed by atoms with Gasteiger partial charge in [-0.05, 0) is 61.4 Å². The predicted molar refractivity (Wildman–Crippen MR) is 149 cm³/mol. The van der Waals surface area contributed by atoms with Gasteiger partial charge in [-0.25, -0.2) is 8.42 Å². The third kappa shape index (κ3) is 6.56. The molecular weight excluding hydrogens is 523 g/mol. The van der Waals surface area contributed by atoms with Gasteiger partial charge in [0, 0.05) is 12.6 Å². The molecule has 4 rings (SSSR count). The van der Waals surface area contributed by atoms with Crippen molar-refractivity contribution in [2.75, 3.05) is 10.8 Å². The average Bonchev–Trinajstić information content (AvgIpc) is 2.92. The van der Waals surface area contributed by atoms with Gasteiger partial charge < -0.3 is 4.74 Å². The van der Waals surface area contributed by atoms with Gasteiger partial charge in [0.2, 0.25) is 4.75 Å². The summed E-state index contributed by atoms with van der Waals surface area (Å²) in [5.74, 6) is 0.387. The number of aryl methyl sites for hydroxylation is 2. The summed E-state index contributed by atoms with van der Waals surface area (Å²) in [4.78, 5) is 0. The van der Waals surface area contributed by atoms with Crippen molar-refractivity contribution in [2.24, 2.45) is 0 Å². The molecule has 0 aromatic heterocycles. The molecule has 0 saturated heterocycles. The summed E-state index contributed by atoms with van der Waals surface area (Å²) in [6.45, 7) is 1.92. The maximum absolute atomic E-state index is 14.5. The molecule has 0 radical (unpaired) electrons. The largest absolute Gasteiger partial charge is 0.489 e. The standard InChI is InChI=1S/C31H32F3NO3S/c1-25-21-28(23-29(22-25)38-24-27-16-7-3-8-17-27)35(20-12-9-15-26-13-5-2-6-14-26)39(36,37)30(31(32,33)34)18-10-4-11-19-30/h2-8,10-11,13-14,16-18,21-23H,9,12,15,19-20,24H2,1H3. The van der Waals surface area contributed by atoms with E-state index in [2.05, 4.69) is 0 Å². The van der Waals surface area contributed by atoms with E-state index in [1.165, 1.54) is 18.2 Å². The van der Waals surface area contributed by atoms with Crippen molar-refractivity contribution in [1.29, 1.82) is 0 Å². The van der Waals surface area contributed by atoms with Crippen molar-refractivity contribution in [3.8, 4) is 5.75 Å². The Labute approximate surface area is 228 Å². The summed E-state index contributed by atoms with van der Waals surface area (Å²) in [7, 11) is -4.93. The molecule has 206 valence electrons. The molecule has 1 aliphatic rings. The zero-order chi connectivity index (χ0) is 27.9. The number of ether oxygens (including phenoxy) is 1. The van der Waals surface area contributed by atoms with E-state index < -0.39 is 27.4 Å². The van der Waals surface area contributed by atoms with Gasteiger partial charge in [0.15, 0.2) is 0 Å². The molecule has 0 bridgehead atoms. The van der Waals surface area contributed by atoms with Crippen LogP contribution in [0.2, 0.25) is 0 Å². The molecule has 1 atom stereocenters. The SMILES string of the molecule is Cc1cc(OCc2ccccc2)cc(N(CCCCc2ccccc2)S(=O)(=O)C2(C(F)(F)F)C=CC=CC2)c1. The van der Waals surface area contributed by atoms with Gasteiger partial charge in [-0.15, -0.1) is 0 Å². The monoisotopic (exact) mass is 555 g/mol. The number of sulfonamides is 1. The van der Waals surface area contributed by atoms with E-state index in [1.807, 2.05) is 60.7 Å². The maximum atomic E-state index is 14.5. The van der Waals surface area contributed by atoms with Gasteiger partial charge in [-0.1, -0.05) is 85.0 Å². The second-order valence-electron chi connectivity index (χ2n) is 9.68. The smallest absolute Gasteiger partial charge is 0.413 e. The van der Waals surface area contributed by atoms with E-state index in [0.29, 0.717) is 30.6 Å². The van der Waals surface area contributed by atoms with Crippen LogP contribution in [0.5, 0.6) is 5.75 Å². The molecule has 0 fully saturated rings. The molecule has 3 aromatic rings. The minimum atomic E-state index is -5.01. The molecule has 4 nitrogen and oxygen atoms in total. The summed E-state index contributed by atoms with van der Waals surface area (Å²) in [5.41, 5.74) is 2.84.